The highest BCUT2D eigenvalue weighted by molar-refractivity contribution is 6.06. The van der Waals surface area contributed by atoms with Crippen molar-refractivity contribution in [1.29, 1.82) is 15.8 Å². The molecule has 88 valence electrons. The zero-order valence-electron chi connectivity index (χ0n) is 9.51. The van der Waals surface area contributed by atoms with Gasteiger partial charge in [0.05, 0.1) is 40.5 Å². The van der Waals surface area contributed by atoms with Crippen molar-refractivity contribution >= 4 is 16.7 Å². The van der Waals surface area contributed by atoms with Gasteiger partial charge in [-0.3, -0.25) is 0 Å². The molecule has 2 rings (SSSR count). The first-order chi connectivity index (χ1) is 9.10. The molecular weight excluding hydrogens is 242 g/mol. The van der Waals surface area contributed by atoms with Crippen LogP contribution in [0.25, 0.3) is 10.8 Å². The number of nitrogens with zero attached hydrogens (tertiary/aromatic N) is 3. The lowest BCUT2D eigenvalue weighted by Gasteiger charge is -2.06. The second kappa shape index (κ2) is 4.49. The maximum atomic E-state index is 11.2. The number of hydrogen-bond acceptors (Lipinski definition) is 4. The van der Waals surface area contributed by atoms with Gasteiger partial charge in [0.1, 0.15) is 0 Å². The monoisotopic (exact) mass is 247 g/mol. The molecule has 2 aromatic carbocycles. The van der Waals surface area contributed by atoms with E-state index in [0.29, 0.717) is 5.39 Å². The molecule has 0 aliphatic carbocycles. The summed E-state index contributed by atoms with van der Waals surface area (Å²) in [5, 5.41) is 36.6. The van der Waals surface area contributed by atoms with Crippen LogP contribution in [0.5, 0.6) is 0 Å². The van der Waals surface area contributed by atoms with Gasteiger partial charge in [-0.25, -0.2) is 4.79 Å². The minimum atomic E-state index is -1.21. The zero-order chi connectivity index (χ0) is 14.0. The van der Waals surface area contributed by atoms with E-state index in [-0.39, 0.29) is 27.6 Å². The Morgan fingerprint density at radius 2 is 1.47 bits per heavy atom. The number of carboxylic acid groups (broad SMARTS) is 1. The molecule has 0 aromatic heterocycles. The molecule has 0 saturated carbocycles. The lowest BCUT2D eigenvalue weighted by molar-refractivity contribution is 0.0699. The fourth-order valence-electron chi connectivity index (χ4n) is 1.86. The first kappa shape index (κ1) is 12.1. The standard InChI is InChI=1S/C14H5N3O2/c15-5-8-1-10(7-17)11-2-9(6-16)4-13(14(18)19)12(11)3-8/h1-4H,(H,18,19). The quantitative estimate of drug-likeness (QED) is 0.830. The number of nitriles is 3. The van der Waals surface area contributed by atoms with Crippen molar-refractivity contribution in [3.8, 4) is 18.2 Å². The van der Waals surface area contributed by atoms with Gasteiger partial charge in [0.25, 0.3) is 0 Å². The molecule has 0 spiro atoms. The molecule has 5 nitrogen and oxygen atoms in total. The fourth-order valence-corrected chi connectivity index (χ4v) is 1.86. The molecule has 0 radical (unpaired) electrons. The van der Waals surface area contributed by atoms with E-state index in [4.69, 9.17) is 20.9 Å². The normalized spacial score (nSPS) is 9.32. The van der Waals surface area contributed by atoms with Gasteiger partial charge >= 0.3 is 5.97 Å². The largest absolute Gasteiger partial charge is 0.478 e. The van der Waals surface area contributed by atoms with Gasteiger partial charge in [-0.05, 0) is 29.7 Å². The predicted octanol–water partition coefficient (Wildman–Crippen LogP) is 2.15. The average molecular weight is 247 g/mol. The fraction of sp³-hybridized carbons (Fsp3) is 0. The van der Waals surface area contributed by atoms with E-state index in [1.165, 1.54) is 24.3 Å². The summed E-state index contributed by atoms with van der Waals surface area (Å²) in [5.74, 6) is -1.21. The van der Waals surface area contributed by atoms with E-state index in [1.54, 1.807) is 0 Å². The van der Waals surface area contributed by atoms with Crippen molar-refractivity contribution in [2.75, 3.05) is 0 Å². The molecule has 0 heterocycles. The van der Waals surface area contributed by atoms with Gasteiger partial charge < -0.3 is 5.11 Å². The number of rotatable bonds is 1. The van der Waals surface area contributed by atoms with E-state index in [9.17, 15) is 4.79 Å². The number of benzene rings is 2. The smallest absolute Gasteiger partial charge is 0.336 e. The number of hydrogen-bond donors (Lipinski definition) is 1. The molecule has 0 aliphatic heterocycles. The van der Waals surface area contributed by atoms with E-state index in [1.807, 2.05) is 18.2 Å². The third-order valence-corrected chi connectivity index (χ3v) is 2.68. The summed E-state index contributed by atoms with van der Waals surface area (Å²) in [6.07, 6.45) is 0. The summed E-state index contributed by atoms with van der Waals surface area (Å²) < 4.78 is 0. The minimum Gasteiger partial charge on any atom is -0.478 e. The summed E-state index contributed by atoms with van der Waals surface area (Å²) in [5.41, 5.74) is 0.443. The maximum absolute atomic E-state index is 11.2. The Morgan fingerprint density at radius 1 is 0.895 bits per heavy atom. The first-order valence-corrected chi connectivity index (χ1v) is 5.16. The second-order valence-corrected chi connectivity index (χ2v) is 3.78. The highest BCUT2D eigenvalue weighted by Crippen LogP contribution is 2.26. The van der Waals surface area contributed by atoms with Gasteiger partial charge in [0.15, 0.2) is 0 Å². The van der Waals surface area contributed by atoms with Crippen molar-refractivity contribution < 1.29 is 9.90 Å². The Bertz CT molecular complexity index is 833. The Labute approximate surface area is 108 Å². The third-order valence-electron chi connectivity index (χ3n) is 2.68. The van der Waals surface area contributed by atoms with Crippen LogP contribution in [0, 0.1) is 34.0 Å². The summed E-state index contributed by atoms with van der Waals surface area (Å²) in [6, 6.07) is 11.1. The van der Waals surface area contributed by atoms with Gasteiger partial charge in [0, 0.05) is 5.39 Å². The molecule has 2 aromatic rings. The van der Waals surface area contributed by atoms with Gasteiger partial charge in [-0.15, -0.1) is 0 Å². The van der Waals surface area contributed by atoms with E-state index in [2.05, 4.69) is 0 Å². The molecule has 0 unspecified atom stereocenters. The number of carbonyl (C=O) groups is 1. The molecule has 1 N–H and O–H groups in total. The number of fused-ring (bicyclic) bond motifs is 1. The summed E-state index contributed by atoms with van der Waals surface area (Å²) in [6.45, 7) is 0. The van der Waals surface area contributed by atoms with Crippen LogP contribution in [0.2, 0.25) is 0 Å². The topological polar surface area (TPSA) is 109 Å². The van der Waals surface area contributed by atoms with Gasteiger partial charge in [-0.1, -0.05) is 0 Å². The molecule has 0 amide bonds. The Morgan fingerprint density at radius 3 is 2.00 bits per heavy atom. The second-order valence-electron chi connectivity index (χ2n) is 3.78. The molecule has 0 bridgehead atoms. The molecular formula is C14H5N3O2. The van der Waals surface area contributed by atoms with Crippen LogP contribution in [0.4, 0.5) is 0 Å². The van der Waals surface area contributed by atoms with Crippen LogP contribution in [0.1, 0.15) is 27.0 Å². The highest BCUT2D eigenvalue weighted by atomic mass is 16.4. The molecule has 0 fully saturated rings. The lowest BCUT2D eigenvalue weighted by Crippen LogP contribution is -2.00. The van der Waals surface area contributed by atoms with Crippen molar-refractivity contribution in [1.82, 2.24) is 0 Å². The third kappa shape index (κ3) is 1.95. The molecule has 0 saturated heterocycles. The minimum absolute atomic E-state index is 0.0948. The van der Waals surface area contributed by atoms with Gasteiger partial charge in [-0.2, -0.15) is 15.8 Å². The van der Waals surface area contributed by atoms with Crippen molar-refractivity contribution in [3.63, 3.8) is 0 Å². The molecule has 5 heteroatoms. The van der Waals surface area contributed by atoms with E-state index in [0.717, 1.165) is 0 Å². The van der Waals surface area contributed by atoms with Crippen LogP contribution in [-0.4, -0.2) is 11.1 Å². The SMILES string of the molecule is N#Cc1cc(C(=O)O)c2cc(C#N)cc(C#N)c2c1. The first-order valence-electron chi connectivity index (χ1n) is 5.16. The van der Waals surface area contributed by atoms with Crippen molar-refractivity contribution in [2.45, 2.75) is 0 Å². The van der Waals surface area contributed by atoms with E-state index < -0.39 is 5.97 Å². The average Bonchev–Trinajstić information content (AvgIpc) is 2.44. The van der Waals surface area contributed by atoms with Crippen LogP contribution >= 0.6 is 0 Å². The van der Waals surface area contributed by atoms with Crippen molar-refractivity contribution in [3.05, 3.63) is 46.5 Å². The van der Waals surface area contributed by atoms with Crippen LogP contribution in [0.3, 0.4) is 0 Å². The Kier molecular flexibility index (Phi) is 2.86. The molecule has 0 atom stereocenters. The maximum Gasteiger partial charge on any atom is 0.336 e. The molecule has 0 aliphatic rings. The van der Waals surface area contributed by atoms with Crippen molar-refractivity contribution in [2.24, 2.45) is 0 Å². The summed E-state index contributed by atoms with van der Waals surface area (Å²) in [4.78, 5) is 11.2. The Balaban J connectivity index is 3.04. The predicted molar refractivity (Wildman–Crippen MR) is 65.1 cm³/mol. The highest BCUT2D eigenvalue weighted by Gasteiger charge is 2.14. The van der Waals surface area contributed by atoms with Crippen LogP contribution in [0.15, 0.2) is 24.3 Å². The number of aromatic carboxylic acids is 1. The zero-order valence-corrected chi connectivity index (χ0v) is 9.51. The summed E-state index contributed by atoms with van der Waals surface area (Å²) in [7, 11) is 0. The Hall–Kier alpha value is -3.36. The van der Waals surface area contributed by atoms with Crippen LogP contribution in [-0.2, 0) is 0 Å². The lowest BCUT2D eigenvalue weighted by atomic mass is 9.96. The van der Waals surface area contributed by atoms with Gasteiger partial charge in [0.2, 0.25) is 0 Å². The van der Waals surface area contributed by atoms with E-state index >= 15 is 0 Å². The summed E-state index contributed by atoms with van der Waals surface area (Å²) >= 11 is 0. The number of carboxylic acids is 1. The molecule has 19 heavy (non-hydrogen) atoms. The van der Waals surface area contributed by atoms with Crippen LogP contribution < -0.4 is 0 Å².